The number of hydrogen-bond donors (Lipinski definition) is 2. The first-order valence-electron chi connectivity index (χ1n) is 13.5. The van der Waals surface area contributed by atoms with Crippen molar-refractivity contribution < 1.29 is 4.79 Å². The van der Waals surface area contributed by atoms with E-state index in [1.165, 1.54) is 5.56 Å². The molecule has 1 amide bonds. The molecule has 0 fully saturated rings. The number of amides is 1. The van der Waals surface area contributed by atoms with E-state index in [1.807, 2.05) is 42.5 Å². The van der Waals surface area contributed by atoms with E-state index in [0.717, 1.165) is 53.0 Å². The zero-order valence-electron chi connectivity index (χ0n) is 23.0. The summed E-state index contributed by atoms with van der Waals surface area (Å²) in [5.41, 5.74) is 6.92. The molecule has 7 nitrogen and oxygen atoms in total. The smallest absolute Gasteiger partial charge is 0.228 e. The predicted octanol–water partition coefficient (Wildman–Crippen LogP) is 6.67. The molecule has 3 aromatic carbocycles. The first-order chi connectivity index (χ1) is 18.4. The van der Waals surface area contributed by atoms with Gasteiger partial charge in [-0.15, -0.1) is 5.10 Å². The van der Waals surface area contributed by atoms with Crippen LogP contribution in [-0.4, -0.2) is 39.1 Å². The van der Waals surface area contributed by atoms with Crippen molar-refractivity contribution in [3.05, 3.63) is 77.9 Å². The molecule has 0 atom stereocenters. The predicted molar refractivity (Wildman–Crippen MR) is 155 cm³/mol. The van der Waals surface area contributed by atoms with Crippen molar-refractivity contribution in [2.75, 3.05) is 16.8 Å². The normalized spacial score (nSPS) is 11.2. The third-order valence-corrected chi connectivity index (χ3v) is 6.85. The topological polar surface area (TPSA) is 86.8 Å². The molecule has 0 aliphatic heterocycles. The number of aromatic amines is 1. The molecule has 0 unspecified atom stereocenters. The van der Waals surface area contributed by atoms with E-state index < -0.39 is 0 Å². The fourth-order valence-corrected chi connectivity index (χ4v) is 4.92. The Labute approximate surface area is 225 Å². The lowest BCUT2D eigenvalue weighted by Crippen LogP contribution is -2.38. The molecule has 0 spiro atoms. The Hall–Kier alpha value is -4.00. The standard InChI is InChI=1S/C31H38N6O/c1-6-25(7-2)37(20-21(3)4)29-17-16-24(26-10-8-9-11-27(26)31-33-35-36-34-31)19-28(29)32-30(38)18-23-14-12-22(5)13-15-23/h8-17,19,21,25H,6-7,18,20H2,1-5H3,(H,32,38)(H,33,34,35,36). The van der Waals surface area contributed by atoms with Crippen molar-refractivity contribution >= 4 is 17.3 Å². The number of rotatable bonds is 11. The molecule has 198 valence electrons. The van der Waals surface area contributed by atoms with Crippen LogP contribution in [0.1, 0.15) is 51.7 Å². The van der Waals surface area contributed by atoms with Crippen molar-refractivity contribution in [1.82, 2.24) is 20.6 Å². The number of aromatic nitrogens is 4. The number of anilines is 2. The van der Waals surface area contributed by atoms with E-state index in [9.17, 15) is 4.79 Å². The van der Waals surface area contributed by atoms with E-state index in [0.29, 0.717) is 24.2 Å². The number of nitrogens with zero attached hydrogens (tertiary/aromatic N) is 4. The molecule has 0 radical (unpaired) electrons. The van der Waals surface area contributed by atoms with Gasteiger partial charge in [-0.2, -0.15) is 0 Å². The molecule has 0 aliphatic rings. The van der Waals surface area contributed by atoms with Crippen LogP contribution in [0.5, 0.6) is 0 Å². The number of carbonyl (C=O) groups is 1. The molecule has 0 saturated carbocycles. The highest BCUT2D eigenvalue weighted by atomic mass is 16.1. The molecular formula is C31H38N6O. The Balaban J connectivity index is 1.77. The molecule has 38 heavy (non-hydrogen) atoms. The molecule has 4 aromatic rings. The minimum Gasteiger partial charge on any atom is -0.367 e. The monoisotopic (exact) mass is 510 g/mol. The summed E-state index contributed by atoms with van der Waals surface area (Å²) in [4.78, 5) is 15.8. The van der Waals surface area contributed by atoms with Gasteiger partial charge in [-0.1, -0.05) is 87.9 Å². The summed E-state index contributed by atoms with van der Waals surface area (Å²) in [7, 11) is 0. The second-order valence-corrected chi connectivity index (χ2v) is 10.3. The molecule has 0 aliphatic carbocycles. The number of tetrazole rings is 1. The maximum Gasteiger partial charge on any atom is 0.228 e. The first-order valence-corrected chi connectivity index (χ1v) is 13.5. The van der Waals surface area contributed by atoms with Crippen LogP contribution in [0.15, 0.2) is 66.7 Å². The van der Waals surface area contributed by atoms with E-state index >= 15 is 0 Å². The maximum atomic E-state index is 13.3. The molecule has 7 heteroatoms. The zero-order valence-corrected chi connectivity index (χ0v) is 23.0. The number of benzene rings is 3. The van der Waals surface area contributed by atoms with Crippen LogP contribution < -0.4 is 10.2 Å². The quantitative estimate of drug-likeness (QED) is 0.235. The lowest BCUT2D eigenvalue weighted by atomic mass is 9.97. The largest absolute Gasteiger partial charge is 0.367 e. The van der Waals surface area contributed by atoms with Gasteiger partial charge in [0, 0.05) is 18.2 Å². The Kier molecular flexibility index (Phi) is 8.89. The Bertz CT molecular complexity index is 1330. The molecule has 2 N–H and O–H groups in total. The van der Waals surface area contributed by atoms with Crippen LogP contribution in [0, 0.1) is 12.8 Å². The summed E-state index contributed by atoms with van der Waals surface area (Å²) in [5.74, 6) is 1.05. The van der Waals surface area contributed by atoms with Gasteiger partial charge in [-0.05, 0) is 64.9 Å². The molecule has 1 heterocycles. The summed E-state index contributed by atoms with van der Waals surface area (Å²) in [5, 5.41) is 17.8. The summed E-state index contributed by atoms with van der Waals surface area (Å²) >= 11 is 0. The highest BCUT2D eigenvalue weighted by Gasteiger charge is 2.22. The molecule has 0 saturated heterocycles. The summed E-state index contributed by atoms with van der Waals surface area (Å²) in [6.45, 7) is 11.9. The summed E-state index contributed by atoms with van der Waals surface area (Å²) in [6.07, 6.45) is 2.38. The van der Waals surface area contributed by atoms with Crippen LogP contribution in [0.3, 0.4) is 0 Å². The van der Waals surface area contributed by atoms with E-state index in [2.05, 4.69) is 89.7 Å². The number of H-pyrrole nitrogens is 1. The van der Waals surface area contributed by atoms with E-state index in [4.69, 9.17) is 0 Å². The average molecular weight is 511 g/mol. The first kappa shape index (κ1) is 27.0. The minimum atomic E-state index is -0.0333. The van der Waals surface area contributed by atoms with Crippen LogP contribution in [0.2, 0.25) is 0 Å². The molecule has 0 bridgehead atoms. The lowest BCUT2D eigenvalue weighted by molar-refractivity contribution is -0.115. The van der Waals surface area contributed by atoms with Crippen molar-refractivity contribution in [2.24, 2.45) is 5.92 Å². The van der Waals surface area contributed by atoms with Gasteiger partial charge in [-0.3, -0.25) is 4.79 Å². The zero-order chi connectivity index (χ0) is 27.1. The van der Waals surface area contributed by atoms with E-state index in [-0.39, 0.29) is 5.91 Å². The summed E-state index contributed by atoms with van der Waals surface area (Å²) < 4.78 is 0. The fraction of sp³-hybridized carbons (Fsp3) is 0.355. The van der Waals surface area contributed by atoms with Crippen LogP contribution in [-0.2, 0) is 11.2 Å². The minimum absolute atomic E-state index is 0.0333. The lowest BCUT2D eigenvalue weighted by Gasteiger charge is -2.36. The maximum absolute atomic E-state index is 13.3. The second-order valence-electron chi connectivity index (χ2n) is 10.3. The summed E-state index contributed by atoms with van der Waals surface area (Å²) in [6, 6.07) is 22.9. The third-order valence-electron chi connectivity index (χ3n) is 6.85. The van der Waals surface area contributed by atoms with E-state index in [1.54, 1.807) is 0 Å². The van der Waals surface area contributed by atoms with Gasteiger partial charge >= 0.3 is 0 Å². The second kappa shape index (κ2) is 12.5. The van der Waals surface area contributed by atoms with Crippen LogP contribution in [0.25, 0.3) is 22.5 Å². The van der Waals surface area contributed by atoms with Gasteiger partial charge < -0.3 is 10.2 Å². The number of carbonyl (C=O) groups excluding carboxylic acids is 1. The Morgan fingerprint density at radius 3 is 2.32 bits per heavy atom. The van der Waals surface area contributed by atoms with Crippen LogP contribution in [0.4, 0.5) is 11.4 Å². The average Bonchev–Trinajstić information content (AvgIpc) is 3.45. The van der Waals surface area contributed by atoms with Crippen molar-refractivity contribution in [3.63, 3.8) is 0 Å². The van der Waals surface area contributed by atoms with Crippen molar-refractivity contribution in [1.29, 1.82) is 0 Å². The van der Waals surface area contributed by atoms with Crippen molar-refractivity contribution in [3.8, 4) is 22.5 Å². The Morgan fingerprint density at radius 1 is 0.974 bits per heavy atom. The highest BCUT2D eigenvalue weighted by molar-refractivity contribution is 5.97. The van der Waals surface area contributed by atoms with Gasteiger partial charge in [0.15, 0.2) is 5.82 Å². The van der Waals surface area contributed by atoms with Gasteiger partial charge in [0.1, 0.15) is 0 Å². The van der Waals surface area contributed by atoms with Crippen molar-refractivity contribution in [2.45, 2.75) is 59.9 Å². The van der Waals surface area contributed by atoms with Gasteiger partial charge in [0.25, 0.3) is 0 Å². The molecular weight excluding hydrogens is 472 g/mol. The van der Waals surface area contributed by atoms with Gasteiger partial charge in [0.05, 0.1) is 17.8 Å². The number of nitrogens with one attached hydrogen (secondary N) is 2. The number of aryl methyl sites for hydroxylation is 1. The Morgan fingerprint density at radius 2 is 1.68 bits per heavy atom. The highest BCUT2D eigenvalue weighted by Crippen LogP contribution is 2.37. The fourth-order valence-electron chi connectivity index (χ4n) is 4.92. The van der Waals surface area contributed by atoms with Gasteiger partial charge in [0.2, 0.25) is 5.91 Å². The SMILES string of the molecule is CCC(CC)N(CC(C)C)c1ccc(-c2ccccc2-c2nnn[nH]2)cc1NC(=O)Cc1ccc(C)cc1. The van der Waals surface area contributed by atoms with Gasteiger partial charge in [-0.25, -0.2) is 5.10 Å². The molecule has 4 rings (SSSR count). The number of hydrogen-bond acceptors (Lipinski definition) is 5. The van der Waals surface area contributed by atoms with Crippen LogP contribution >= 0.6 is 0 Å². The molecule has 1 aromatic heterocycles. The third kappa shape index (κ3) is 6.46.